The summed E-state index contributed by atoms with van der Waals surface area (Å²) in [6.07, 6.45) is 0. The zero-order valence-corrected chi connectivity index (χ0v) is 62.4. The van der Waals surface area contributed by atoms with Crippen LogP contribution in [0.5, 0.6) is 0 Å². The molecule has 0 aliphatic carbocycles. The van der Waals surface area contributed by atoms with Crippen LogP contribution < -0.4 is 81.1 Å². The van der Waals surface area contributed by atoms with Crippen molar-refractivity contribution >= 4 is 54.6 Å². The molecule has 0 aliphatic rings. The van der Waals surface area contributed by atoms with Crippen molar-refractivity contribution in [1.29, 1.82) is 0 Å². The molecule has 0 amide bonds. The first kappa shape index (κ1) is 125. The van der Waals surface area contributed by atoms with Gasteiger partial charge in [0.25, 0.3) is 0 Å². The Bertz CT molecular complexity index is 565. The fourth-order valence-corrected chi connectivity index (χ4v) is 0. The van der Waals surface area contributed by atoms with Gasteiger partial charge in [0.05, 0.1) is 0 Å². The van der Waals surface area contributed by atoms with Crippen LogP contribution >= 0.6 is 0 Å². The summed E-state index contributed by atoms with van der Waals surface area (Å²) >= 11 is -44.9. The standard InChI is InChI=1S/2La.2Mn.33O.2Pb.11Ti.2Zr/q2*+3;2*+2;;;;;;;;;;;;22*-1;2*+2;;;;;;;;;;;;2*+4. The van der Waals surface area contributed by atoms with Crippen LogP contribution in [0, 0.1) is 71.2 Å². The maximum absolute atomic E-state index is 8.58. The first-order valence-corrected chi connectivity index (χ1v) is 27.8. The molecule has 0 N–H and O–H groups in total. The molecule has 0 rings (SSSR count). The molecule has 0 saturated carbocycles. The summed E-state index contributed by atoms with van der Waals surface area (Å²) in [7, 11) is 0. The zero-order valence-electron chi connectivity index (χ0n) is 22.9. The molecular weight excluding hydrogens is 2040 g/mol. The second kappa shape index (κ2) is 120. The molecule has 0 fully saturated rings. The summed E-state index contributed by atoms with van der Waals surface area (Å²) in [6.45, 7) is 0. The SMILES string of the molecule is [La+3].[La+3].[Mn+2].[Mn+2].[O]=[Ti]([O-])[O-].[O]=[Ti]([O-])[O-].[O]=[Ti]([O-])[O-].[O]=[Ti]([O-])[O-].[O]=[Ti]([O-])[O-].[O]=[Ti]([O-])[O-].[O]=[Ti]([O-])[O-].[O]=[Ti]([O-])[O-].[O]=[Ti]([O-])[O-].[O]=[Ti]([O-])[O-].[O]=[Ti]([O-])[O-].[Pb+2].[Pb+2].[Zr+4].[Zr+4]. The third-order valence-corrected chi connectivity index (χ3v) is 0. The molecule has 0 aliphatic heterocycles. The fraction of sp³-hybridized carbons (Fsp3) is 0. The molecule has 0 heterocycles. The van der Waals surface area contributed by atoms with Gasteiger partial charge in [-0.2, -0.15) is 0 Å². The molecule has 0 aromatic rings. The summed E-state index contributed by atoms with van der Waals surface area (Å²) in [4.78, 5) is 0. The predicted octanol–water partition coefficient (Wildman–Crippen LogP) is -28.3. The van der Waals surface area contributed by atoms with E-state index in [1.807, 2.05) is 0 Å². The van der Waals surface area contributed by atoms with Crippen LogP contribution in [0.1, 0.15) is 0 Å². The van der Waals surface area contributed by atoms with Crippen molar-refractivity contribution < 1.29 is 480 Å². The van der Waals surface area contributed by atoms with Gasteiger partial charge in [0.15, 0.2) is 0 Å². The molecule has 52 heteroatoms. The molecule has 0 spiro atoms. The van der Waals surface area contributed by atoms with Crippen LogP contribution in [-0.2, 0) is 328 Å². The van der Waals surface area contributed by atoms with E-state index in [2.05, 4.69) is 0 Å². The summed E-state index contributed by atoms with van der Waals surface area (Å²) in [5.74, 6) is 0. The van der Waals surface area contributed by atoms with Crippen LogP contribution in [0.15, 0.2) is 0 Å². The Morgan fingerprint density at radius 1 is 0.192 bits per heavy atom. The quantitative estimate of drug-likeness (QED) is 0.203. The number of rotatable bonds is 0. The van der Waals surface area contributed by atoms with Crippen LogP contribution in [0.2, 0.25) is 0 Å². The van der Waals surface area contributed by atoms with E-state index in [0.717, 1.165) is 0 Å². The van der Waals surface area contributed by atoms with Crippen LogP contribution in [0.25, 0.3) is 0 Å². The Hall–Kier alpha value is 11.8. The molecule has 0 aromatic heterocycles. The smallest absolute Gasteiger partial charge is 2.00 e. The summed E-state index contributed by atoms with van der Waals surface area (Å²) in [5.41, 5.74) is 0. The summed E-state index contributed by atoms with van der Waals surface area (Å²) in [5, 5.41) is 0. The van der Waals surface area contributed by atoms with E-state index in [0.29, 0.717) is 0 Å². The maximum Gasteiger partial charge on any atom is 4.00 e. The van der Waals surface area contributed by atoms with E-state index in [9.17, 15) is 0 Å². The van der Waals surface area contributed by atoms with Crippen molar-refractivity contribution in [3.63, 3.8) is 0 Å². The third-order valence-electron chi connectivity index (χ3n) is 0. The van der Waals surface area contributed by atoms with Gasteiger partial charge in [0.1, 0.15) is 0 Å². The van der Waals surface area contributed by atoms with Gasteiger partial charge in [-0.3, -0.25) is 0 Å². The van der Waals surface area contributed by atoms with Gasteiger partial charge < -0.3 is 0 Å². The topological polar surface area (TPSA) is 695 Å². The van der Waals surface area contributed by atoms with E-state index in [-0.39, 0.29) is 212 Å². The van der Waals surface area contributed by atoms with Crippen LogP contribution in [-0.4, -0.2) is 54.6 Å². The van der Waals surface area contributed by atoms with Gasteiger partial charge in [-0.25, -0.2) is 0 Å². The maximum atomic E-state index is 8.58. The summed E-state index contributed by atoms with van der Waals surface area (Å²) in [6, 6.07) is 0. The van der Waals surface area contributed by atoms with E-state index < -0.39 is 205 Å². The monoisotopic (exact) mass is 2040 g/mol. The minimum Gasteiger partial charge on any atom is 2.00 e. The van der Waals surface area contributed by atoms with Gasteiger partial charge in [-0.1, -0.05) is 0 Å². The Balaban J connectivity index is -0.0000000133. The Kier molecular flexibility index (Phi) is 288. The molecular formula is La2Mn2O33Pb2Ti11Zr2. The molecule has 0 unspecified atom stereocenters. The van der Waals surface area contributed by atoms with Gasteiger partial charge in [-0.05, 0) is 0 Å². The fourth-order valence-electron chi connectivity index (χ4n) is 0. The van der Waals surface area contributed by atoms with Crippen molar-refractivity contribution in [1.82, 2.24) is 0 Å². The molecule has 0 bridgehead atoms. The molecule has 0 atom stereocenters. The minimum atomic E-state index is -4.08. The van der Waals surface area contributed by atoms with Crippen molar-refractivity contribution in [2.24, 2.45) is 0 Å². The van der Waals surface area contributed by atoms with E-state index in [1.165, 1.54) is 0 Å². The number of hydrogen-bond donors (Lipinski definition) is 0. The van der Waals surface area contributed by atoms with E-state index >= 15 is 0 Å². The van der Waals surface area contributed by atoms with Crippen LogP contribution in [0.3, 0.4) is 0 Å². The van der Waals surface area contributed by atoms with Gasteiger partial charge >= 0.3 is 535 Å². The average molecular weight is 2040 g/mol. The first-order chi connectivity index (χ1) is 19.1. The van der Waals surface area contributed by atoms with Crippen molar-refractivity contribution in [3.05, 3.63) is 0 Å². The second-order valence-electron chi connectivity index (χ2n) is 2.75. The molecule has 278 valence electrons. The van der Waals surface area contributed by atoms with E-state index in [1.54, 1.807) is 0 Å². The predicted molar refractivity (Wildman–Crippen MR) is 19.1 cm³/mol. The second-order valence-corrected chi connectivity index (χ2v) is 11.3. The first-order valence-electron chi connectivity index (χ1n) is 6.74. The Morgan fingerprint density at radius 2 is 0.192 bits per heavy atom. The molecule has 0 aromatic carbocycles. The Labute approximate surface area is 521 Å². The third kappa shape index (κ3) is 1640. The van der Waals surface area contributed by atoms with Crippen molar-refractivity contribution in [2.45, 2.75) is 0 Å². The zero-order chi connectivity index (χ0) is 39.4. The molecule has 0 saturated heterocycles. The average Bonchev–Trinajstić information content (AvgIpc) is 2.55. The number of hydrogen-bond acceptors (Lipinski definition) is 33. The Morgan fingerprint density at radius 3 is 0.192 bits per heavy atom. The normalized spacial score (nSPS) is 5.50. The largest absolute Gasteiger partial charge is 4.00 e. The summed E-state index contributed by atoms with van der Waals surface area (Å²) < 4.78 is 283. The molecule has 6 radical (unpaired) electrons. The van der Waals surface area contributed by atoms with Crippen molar-refractivity contribution in [2.75, 3.05) is 0 Å². The molecule has 33 nitrogen and oxygen atoms in total. The van der Waals surface area contributed by atoms with Gasteiger partial charge in [0.2, 0.25) is 0 Å². The van der Waals surface area contributed by atoms with Gasteiger partial charge in [0, 0.05) is 0 Å². The van der Waals surface area contributed by atoms with E-state index in [4.69, 9.17) is 118 Å². The minimum absolute atomic E-state index is 0. The van der Waals surface area contributed by atoms with Crippen molar-refractivity contribution in [3.8, 4) is 0 Å². The van der Waals surface area contributed by atoms with Crippen LogP contribution in [0.4, 0.5) is 0 Å². The molecule has 52 heavy (non-hydrogen) atoms. The van der Waals surface area contributed by atoms with Gasteiger partial charge in [-0.15, -0.1) is 0 Å².